The molecule has 0 saturated carbocycles. The summed E-state index contributed by atoms with van der Waals surface area (Å²) >= 11 is 0. The highest BCUT2D eigenvalue weighted by atomic mass is 16.2. The number of imidazole rings is 1. The van der Waals surface area contributed by atoms with E-state index in [1.165, 1.54) is 0 Å². The quantitative estimate of drug-likeness (QED) is 0.681. The van der Waals surface area contributed by atoms with Gasteiger partial charge in [0.1, 0.15) is 0 Å². The summed E-state index contributed by atoms with van der Waals surface area (Å²) in [6, 6.07) is 6.61. The largest absolute Gasteiger partial charge is 0.350 e. The van der Waals surface area contributed by atoms with Crippen LogP contribution in [0.2, 0.25) is 0 Å². The smallest absolute Gasteiger partial charge is 0.319 e. The molecule has 2 rings (SSSR count). The van der Waals surface area contributed by atoms with Crippen LogP contribution in [0.15, 0.2) is 43.0 Å². The van der Waals surface area contributed by atoms with Gasteiger partial charge >= 0.3 is 6.03 Å². The van der Waals surface area contributed by atoms with Crippen LogP contribution in [0.1, 0.15) is 30.6 Å². The van der Waals surface area contributed by atoms with Crippen molar-refractivity contribution < 1.29 is 9.59 Å². The standard InChI is InChI=1S/C17H23N5O2/c1-13(2)20-16(23)14-4-6-15(7-5-14)21-17(24)19-8-3-10-22-11-9-18-12-22/h4-7,9,11-13H,3,8,10H2,1-2H3,(H,20,23)(H2,19,21,24). The Morgan fingerprint density at radius 1 is 1.21 bits per heavy atom. The lowest BCUT2D eigenvalue weighted by atomic mass is 10.2. The zero-order valence-corrected chi connectivity index (χ0v) is 14.0. The number of hydrogen-bond acceptors (Lipinski definition) is 3. The van der Waals surface area contributed by atoms with Crippen LogP contribution >= 0.6 is 0 Å². The van der Waals surface area contributed by atoms with Gasteiger partial charge in [0.25, 0.3) is 5.91 Å². The molecule has 0 aliphatic rings. The fourth-order valence-electron chi connectivity index (χ4n) is 2.11. The fourth-order valence-corrected chi connectivity index (χ4v) is 2.11. The van der Waals surface area contributed by atoms with Gasteiger partial charge in [-0.15, -0.1) is 0 Å². The summed E-state index contributed by atoms with van der Waals surface area (Å²) < 4.78 is 1.96. The average molecular weight is 329 g/mol. The number of rotatable bonds is 7. The Balaban J connectivity index is 1.72. The summed E-state index contributed by atoms with van der Waals surface area (Å²) in [6.45, 7) is 5.19. The molecule has 3 N–H and O–H groups in total. The van der Waals surface area contributed by atoms with Gasteiger partial charge in [-0.1, -0.05) is 0 Å². The summed E-state index contributed by atoms with van der Waals surface area (Å²) in [7, 11) is 0. The maximum Gasteiger partial charge on any atom is 0.319 e. The van der Waals surface area contributed by atoms with Crippen LogP contribution in [-0.2, 0) is 6.54 Å². The first kappa shape index (κ1) is 17.5. The monoisotopic (exact) mass is 329 g/mol. The second-order valence-corrected chi connectivity index (χ2v) is 5.74. The number of nitrogens with one attached hydrogen (secondary N) is 3. The molecule has 0 bridgehead atoms. The van der Waals surface area contributed by atoms with Gasteiger partial charge in [-0.3, -0.25) is 4.79 Å². The number of urea groups is 1. The van der Waals surface area contributed by atoms with Gasteiger partial charge < -0.3 is 20.5 Å². The zero-order chi connectivity index (χ0) is 17.4. The Kier molecular flexibility index (Phi) is 6.36. The van der Waals surface area contributed by atoms with E-state index >= 15 is 0 Å². The molecule has 3 amide bonds. The van der Waals surface area contributed by atoms with Gasteiger partial charge in [0, 0.05) is 42.8 Å². The minimum atomic E-state index is -0.264. The molecule has 0 atom stereocenters. The van der Waals surface area contributed by atoms with Crippen LogP contribution < -0.4 is 16.0 Å². The van der Waals surface area contributed by atoms with Crippen molar-refractivity contribution in [1.29, 1.82) is 0 Å². The first-order chi connectivity index (χ1) is 11.5. The number of benzene rings is 1. The molecular formula is C17H23N5O2. The third-order valence-corrected chi connectivity index (χ3v) is 3.26. The molecule has 128 valence electrons. The highest BCUT2D eigenvalue weighted by Gasteiger charge is 2.07. The Labute approximate surface area is 141 Å². The number of amides is 3. The molecule has 1 aromatic carbocycles. The summed E-state index contributed by atoms with van der Waals surface area (Å²) in [6.07, 6.45) is 6.18. The Morgan fingerprint density at radius 2 is 1.96 bits per heavy atom. The lowest BCUT2D eigenvalue weighted by molar-refractivity contribution is 0.0943. The van der Waals surface area contributed by atoms with Crippen LogP contribution in [0.25, 0.3) is 0 Å². The highest BCUT2D eigenvalue weighted by Crippen LogP contribution is 2.09. The Morgan fingerprint density at radius 3 is 2.58 bits per heavy atom. The summed E-state index contributed by atoms with van der Waals surface area (Å²) in [5, 5.41) is 8.36. The topological polar surface area (TPSA) is 88.0 Å². The van der Waals surface area contributed by atoms with Crippen molar-refractivity contribution >= 4 is 17.6 Å². The van der Waals surface area contributed by atoms with E-state index in [0.717, 1.165) is 13.0 Å². The normalized spacial score (nSPS) is 10.5. The van der Waals surface area contributed by atoms with Crippen molar-refractivity contribution in [1.82, 2.24) is 20.2 Å². The number of carbonyl (C=O) groups is 2. The Bertz CT molecular complexity index is 650. The van der Waals surface area contributed by atoms with E-state index in [1.54, 1.807) is 36.8 Å². The molecule has 0 aliphatic carbocycles. The number of aromatic nitrogens is 2. The lowest BCUT2D eigenvalue weighted by Crippen LogP contribution is -2.30. The average Bonchev–Trinajstić information content (AvgIpc) is 3.05. The molecule has 0 radical (unpaired) electrons. The molecule has 0 saturated heterocycles. The first-order valence-electron chi connectivity index (χ1n) is 7.96. The predicted octanol–water partition coefficient (Wildman–Crippen LogP) is 2.23. The zero-order valence-electron chi connectivity index (χ0n) is 14.0. The molecule has 2 aromatic rings. The minimum absolute atomic E-state index is 0.0865. The minimum Gasteiger partial charge on any atom is -0.350 e. The van der Waals surface area contributed by atoms with Crippen LogP contribution in [0.4, 0.5) is 10.5 Å². The van der Waals surface area contributed by atoms with Crippen molar-refractivity contribution in [3.8, 4) is 0 Å². The summed E-state index contributed by atoms with van der Waals surface area (Å²) in [5.41, 5.74) is 1.21. The van der Waals surface area contributed by atoms with E-state index in [0.29, 0.717) is 17.8 Å². The van der Waals surface area contributed by atoms with Crippen molar-refractivity contribution in [2.75, 3.05) is 11.9 Å². The Hall–Kier alpha value is -2.83. The summed E-state index contributed by atoms with van der Waals surface area (Å²) in [4.78, 5) is 27.6. The molecule has 7 heteroatoms. The van der Waals surface area contributed by atoms with Crippen molar-refractivity contribution in [2.24, 2.45) is 0 Å². The number of nitrogens with zero attached hydrogens (tertiary/aromatic N) is 2. The van der Waals surface area contributed by atoms with E-state index in [4.69, 9.17) is 0 Å². The number of carbonyl (C=O) groups excluding carboxylic acids is 2. The number of anilines is 1. The second-order valence-electron chi connectivity index (χ2n) is 5.74. The molecule has 1 heterocycles. The first-order valence-corrected chi connectivity index (χ1v) is 7.96. The van der Waals surface area contributed by atoms with Crippen molar-refractivity contribution in [3.05, 3.63) is 48.5 Å². The van der Waals surface area contributed by atoms with E-state index in [9.17, 15) is 9.59 Å². The van der Waals surface area contributed by atoms with E-state index in [-0.39, 0.29) is 18.0 Å². The molecule has 1 aromatic heterocycles. The molecule has 0 fully saturated rings. The van der Waals surface area contributed by atoms with Crippen LogP contribution in [0.3, 0.4) is 0 Å². The molecule has 24 heavy (non-hydrogen) atoms. The summed E-state index contributed by atoms with van der Waals surface area (Å²) in [5.74, 6) is -0.125. The number of aryl methyl sites for hydroxylation is 1. The molecular weight excluding hydrogens is 306 g/mol. The van der Waals surface area contributed by atoms with E-state index < -0.39 is 0 Å². The van der Waals surface area contributed by atoms with Gasteiger partial charge in [-0.05, 0) is 44.5 Å². The number of hydrogen-bond donors (Lipinski definition) is 3. The van der Waals surface area contributed by atoms with E-state index in [2.05, 4.69) is 20.9 Å². The lowest BCUT2D eigenvalue weighted by Gasteiger charge is -2.10. The molecule has 0 unspecified atom stereocenters. The molecule has 0 aliphatic heterocycles. The van der Waals surface area contributed by atoms with Gasteiger partial charge in [-0.2, -0.15) is 0 Å². The van der Waals surface area contributed by atoms with Crippen molar-refractivity contribution in [2.45, 2.75) is 32.9 Å². The van der Waals surface area contributed by atoms with Gasteiger partial charge in [0.05, 0.1) is 6.33 Å². The van der Waals surface area contributed by atoms with Gasteiger partial charge in [0.15, 0.2) is 0 Å². The maximum absolute atomic E-state index is 11.8. The van der Waals surface area contributed by atoms with Crippen molar-refractivity contribution in [3.63, 3.8) is 0 Å². The van der Waals surface area contributed by atoms with Crippen LogP contribution in [-0.4, -0.2) is 34.1 Å². The van der Waals surface area contributed by atoms with Crippen LogP contribution in [0, 0.1) is 0 Å². The molecule has 0 spiro atoms. The van der Waals surface area contributed by atoms with E-state index in [1.807, 2.05) is 24.6 Å². The molecule has 7 nitrogen and oxygen atoms in total. The second kappa shape index (κ2) is 8.71. The van der Waals surface area contributed by atoms with Gasteiger partial charge in [0.2, 0.25) is 0 Å². The maximum atomic E-state index is 11.8. The highest BCUT2D eigenvalue weighted by molar-refractivity contribution is 5.95. The fraction of sp³-hybridized carbons (Fsp3) is 0.353. The predicted molar refractivity (Wildman–Crippen MR) is 92.9 cm³/mol. The van der Waals surface area contributed by atoms with Gasteiger partial charge in [-0.25, -0.2) is 9.78 Å². The van der Waals surface area contributed by atoms with Crippen LogP contribution in [0.5, 0.6) is 0 Å². The third kappa shape index (κ3) is 5.75. The SMILES string of the molecule is CC(C)NC(=O)c1ccc(NC(=O)NCCCn2ccnc2)cc1. The third-order valence-electron chi connectivity index (χ3n) is 3.26.